The van der Waals surface area contributed by atoms with E-state index in [1.807, 2.05) is 91.0 Å². The Morgan fingerprint density at radius 3 is 1.39 bits per heavy atom. The van der Waals surface area contributed by atoms with E-state index in [2.05, 4.69) is 0 Å². The average molecular weight is 781 g/mol. The summed E-state index contributed by atoms with van der Waals surface area (Å²) >= 11 is 0. The van der Waals surface area contributed by atoms with Crippen molar-refractivity contribution in [1.82, 2.24) is 0 Å². The van der Waals surface area contributed by atoms with Gasteiger partial charge in [0, 0.05) is 27.7 Å². The second-order valence-electron chi connectivity index (χ2n) is 13.2. The molecule has 1 N–H and O–H groups in total. The molecule has 0 spiro atoms. The second-order valence-corrected chi connectivity index (χ2v) is 13.2. The predicted molar refractivity (Wildman–Crippen MR) is 194 cm³/mol. The van der Waals surface area contributed by atoms with Crippen molar-refractivity contribution >= 4 is 23.9 Å². The van der Waals surface area contributed by atoms with Gasteiger partial charge in [0.05, 0.1) is 26.4 Å². The highest BCUT2D eigenvalue weighted by atomic mass is 16.7. The smallest absolute Gasteiger partial charge is 0.303 e. The summed E-state index contributed by atoms with van der Waals surface area (Å²) in [5.74, 6) is -3.00. The number of benzene rings is 3. The molecule has 2 heterocycles. The molecule has 15 heteroatoms. The van der Waals surface area contributed by atoms with Crippen molar-refractivity contribution in [2.45, 2.75) is 109 Å². The number of hydrogen-bond acceptors (Lipinski definition) is 15. The number of aliphatic hydroxyl groups is 1. The third kappa shape index (κ3) is 12.4. The van der Waals surface area contributed by atoms with Gasteiger partial charge < -0.3 is 52.5 Å². The van der Waals surface area contributed by atoms with E-state index in [4.69, 9.17) is 47.4 Å². The standard InChI is InChI=1S/C41H48O15/c1-25(42)47-23-33-35(52-26(2)43)37(53-27(3)44)39(54-28(4)45)41(56-33)51-24-32-34(48-20-29-14-8-5-9-15-29)36(49-21-30-16-10-6-11-17-30)38(40(46)55-32)50-22-31-18-12-7-13-19-31/h5-19,32-41,46H,20-24H2,1-4H3/t32-,33-,34-,35-,36+,37+,38+,39+,40?,41+/m1/s1. The Kier molecular flexibility index (Phi) is 15.9. The van der Waals surface area contributed by atoms with Crippen molar-refractivity contribution in [3.8, 4) is 0 Å². The number of carbonyl (C=O) groups is 4. The lowest BCUT2D eigenvalue weighted by Crippen LogP contribution is -2.64. The van der Waals surface area contributed by atoms with Crippen LogP contribution in [0.15, 0.2) is 91.0 Å². The van der Waals surface area contributed by atoms with Crippen LogP contribution in [0.25, 0.3) is 0 Å². The largest absolute Gasteiger partial charge is 0.463 e. The van der Waals surface area contributed by atoms with Gasteiger partial charge in [-0.3, -0.25) is 19.2 Å². The molecule has 5 rings (SSSR count). The lowest BCUT2D eigenvalue weighted by Gasteiger charge is -2.46. The number of ether oxygens (including phenoxy) is 10. The average Bonchev–Trinajstić information content (AvgIpc) is 3.17. The van der Waals surface area contributed by atoms with Crippen LogP contribution in [-0.4, -0.2) is 104 Å². The van der Waals surface area contributed by atoms with E-state index in [0.717, 1.165) is 37.5 Å². The molecule has 1 unspecified atom stereocenters. The van der Waals surface area contributed by atoms with Crippen molar-refractivity contribution in [1.29, 1.82) is 0 Å². The Hall–Kier alpha value is -4.74. The molecule has 10 atom stereocenters. The highest BCUT2D eigenvalue weighted by Crippen LogP contribution is 2.33. The van der Waals surface area contributed by atoms with Crippen LogP contribution in [-0.2, 0) is 86.4 Å². The molecular formula is C41H48O15. The molecule has 56 heavy (non-hydrogen) atoms. The molecule has 0 radical (unpaired) electrons. The number of hydrogen-bond donors (Lipinski definition) is 1. The molecule has 2 fully saturated rings. The molecule has 2 aliphatic heterocycles. The van der Waals surface area contributed by atoms with Crippen LogP contribution in [0.1, 0.15) is 44.4 Å². The SMILES string of the molecule is CC(=O)OC[C@H]1O[C@H](OC[C@H]2OC(O)[C@@H](OCc3ccccc3)[C@@H](OCc3ccccc3)[C@@H]2OCc2ccccc2)[C@@H](OC(C)=O)[C@@H](OC(C)=O)[C@@H]1OC(C)=O. The molecule has 15 nitrogen and oxygen atoms in total. The van der Waals surface area contributed by atoms with E-state index in [1.54, 1.807) is 0 Å². The molecule has 0 aliphatic carbocycles. The zero-order valence-electron chi connectivity index (χ0n) is 31.6. The number of rotatable bonds is 17. The number of esters is 4. The van der Waals surface area contributed by atoms with E-state index < -0.39 is 91.9 Å². The van der Waals surface area contributed by atoms with Crippen molar-refractivity contribution in [2.24, 2.45) is 0 Å². The van der Waals surface area contributed by atoms with E-state index in [0.29, 0.717) is 0 Å². The van der Waals surface area contributed by atoms with Crippen LogP contribution < -0.4 is 0 Å². The summed E-state index contributed by atoms with van der Waals surface area (Å²) in [6.07, 6.45) is -12.5. The minimum atomic E-state index is -1.53. The van der Waals surface area contributed by atoms with Crippen molar-refractivity contribution in [2.75, 3.05) is 13.2 Å². The van der Waals surface area contributed by atoms with Crippen LogP contribution in [0.2, 0.25) is 0 Å². The van der Waals surface area contributed by atoms with Gasteiger partial charge in [0.2, 0.25) is 0 Å². The van der Waals surface area contributed by atoms with Crippen LogP contribution in [0, 0.1) is 0 Å². The van der Waals surface area contributed by atoms with Crippen molar-refractivity contribution in [3.63, 3.8) is 0 Å². The topological polar surface area (TPSA) is 181 Å². The lowest BCUT2D eigenvalue weighted by atomic mass is 9.97. The molecule has 3 aromatic rings. The van der Waals surface area contributed by atoms with Gasteiger partial charge in [0.1, 0.15) is 37.1 Å². The molecule has 2 saturated heterocycles. The van der Waals surface area contributed by atoms with Crippen molar-refractivity contribution < 1.29 is 71.7 Å². The number of aliphatic hydroxyl groups excluding tert-OH is 1. The molecule has 2 aliphatic rings. The molecule has 0 saturated carbocycles. The highest BCUT2D eigenvalue weighted by Gasteiger charge is 2.54. The van der Waals surface area contributed by atoms with Gasteiger partial charge in [-0.2, -0.15) is 0 Å². The van der Waals surface area contributed by atoms with Gasteiger partial charge in [0.15, 0.2) is 30.9 Å². The fraction of sp³-hybridized carbons (Fsp3) is 0.463. The van der Waals surface area contributed by atoms with Gasteiger partial charge in [-0.15, -0.1) is 0 Å². The zero-order valence-corrected chi connectivity index (χ0v) is 31.6. The van der Waals surface area contributed by atoms with E-state index in [1.165, 1.54) is 6.92 Å². The minimum Gasteiger partial charge on any atom is -0.463 e. The first-order chi connectivity index (χ1) is 27.0. The third-order valence-electron chi connectivity index (χ3n) is 8.84. The predicted octanol–water partition coefficient (Wildman–Crippen LogP) is 3.56. The Morgan fingerprint density at radius 1 is 0.482 bits per heavy atom. The van der Waals surface area contributed by atoms with Gasteiger partial charge in [-0.25, -0.2) is 0 Å². The molecule has 3 aromatic carbocycles. The molecule has 0 bridgehead atoms. The highest BCUT2D eigenvalue weighted by molar-refractivity contribution is 5.68. The van der Waals surface area contributed by atoms with Crippen LogP contribution >= 0.6 is 0 Å². The van der Waals surface area contributed by atoms with Gasteiger partial charge in [-0.1, -0.05) is 91.0 Å². The summed E-state index contributed by atoms with van der Waals surface area (Å²) < 4.78 is 59.7. The van der Waals surface area contributed by atoms with E-state index in [-0.39, 0.29) is 26.4 Å². The zero-order chi connectivity index (χ0) is 40.0. The maximum Gasteiger partial charge on any atom is 0.303 e. The first-order valence-corrected chi connectivity index (χ1v) is 18.2. The summed E-state index contributed by atoms with van der Waals surface area (Å²) in [6, 6.07) is 28.3. The monoisotopic (exact) mass is 780 g/mol. The van der Waals surface area contributed by atoms with Crippen LogP contribution in [0.3, 0.4) is 0 Å². The summed E-state index contributed by atoms with van der Waals surface area (Å²) in [6.45, 7) is 4.16. The number of carbonyl (C=O) groups excluding carboxylic acids is 4. The molecule has 0 amide bonds. The van der Waals surface area contributed by atoms with Gasteiger partial charge in [-0.05, 0) is 16.7 Å². The van der Waals surface area contributed by atoms with Gasteiger partial charge in [0.25, 0.3) is 0 Å². The minimum absolute atomic E-state index is 0.122. The summed E-state index contributed by atoms with van der Waals surface area (Å²) in [7, 11) is 0. The molecular weight excluding hydrogens is 732 g/mol. The Balaban J connectivity index is 1.46. The first-order valence-electron chi connectivity index (χ1n) is 18.2. The third-order valence-corrected chi connectivity index (χ3v) is 8.84. The maximum absolute atomic E-state index is 12.4. The normalized spacial score (nSPS) is 27.4. The second kappa shape index (κ2) is 21.0. The summed E-state index contributed by atoms with van der Waals surface area (Å²) in [5.41, 5.74) is 2.57. The summed E-state index contributed by atoms with van der Waals surface area (Å²) in [5, 5.41) is 11.5. The van der Waals surface area contributed by atoms with Gasteiger partial charge >= 0.3 is 23.9 Å². The van der Waals surface area contributed by atoms with Crippen LogP contribution in [0.4, 0.5) is 0 Å². The first kappa shape index (κ1) is 42.4. The quantitative estimate of drug-likeness (QED) is 0.155. The van der Waals surface area contributed by atoms with Crippen molar-refractivity contribution in [3.05, 3.63) is 108 Å². The fourth-order valence-electron chi connectivity index (χ4n) is 6.41. The Labute approximate surface area is 325 Å². The summed E-state index contributed by atoms with van der Waals surface area (Å²) in [4.78, 5) is 48.7. The van der Waals surface area contributed by atoms with Crippen LogP contribution in [0.5, 0.6) is 0 Å². The molecule has 302 valence electrons. The van der Waals surface area contributed by atoms with E-state index >= 15 is 0 Å². The molecule has 0 aromatic heterocycles. The Morgan fingerprint density at radius 2 is 0.911 bits per heavy atom. The fourth-order valence-corrected chi connectivity index (χ4v) is 6.41. The lowest BCUT2D eigenvalue weighted by molar-refractivity contribution is -0.339. The Bertz CT molecular complexity index is 1690. The van der Waals surface area contributed by atoms with E-state index in [9.17, 15) is 24.3 Å². The maximum atomic E-state index is 12.4.